The zero-order chi connectivity index (χ0) is 23.3. The van der Waals surface area contributed by atoms with E-state index in [1.807, 2.05) is 25.2 Å². The van der Waals surface area contributed by atoms with Crippen LogP contribution in [0.25, 0.3) is 0 Å². The van der Waals surface area contributed by atoms with E-state index < -0.39 is 16.9 Å². The molecule has 180 valence electrons. The third-order valence-corrected chi connectivity index (χ3v) is 7.73. The molecule has 0 radical (unpaired) electrons. The summed E-state index contributed by atoms with van der Waals surface area (Å²) >= 11 is 6.14. The molecule has 0 spiro atoms. The number of halogens is 1. The molecule has 1 aromatic carbocycles. The van der Waals surface area contributed by atoms with Crippen LogP contribution in [-0.2, 0) is 25.8 Å². The van der Waals surface area contributed by atoms with Gasteiger partial charge in [-0.05, 0) is 37.1 Å². The van der Waals surface area contributed by atoms with Crippen molar-refractivity contribution < 1.29 is 17.4 Å². The fraction of sp³-hybridized carbons (Fsp3) is 0.682. The Bertz CT molecular complexity index is 874. The van der Waals surface area contributed by atoms with Gasteiger partial charge in [0.05, 0.1) is 0 Å². The first-order chi connectivity index (χ1) is 15.1. The van der Waals surface area contributed by atoms with E-state index in [-0.39, 0.29) is 11.9 Å². The Morgan fingerprint density at radius 3 is 2.53 bits per heavy atom. The van der Waals surface area contributed by atoms with Crippen molar-refractivity contribution in [2.45, 2.75) is 32.9 Å². The van der Waals surface area contributed by atoms with Crippen molar-refractivity contribution in [2.24, 2.45) is 5.92 Å². The van der Waals surface area contributed by atoms with Crippen molar-refractivity contribution in [3.05, 3.63) is 34.9 Å². The fourth-order valence-electron chi connectivity index (χ4n) is 4.27. The third-order valence-electron chi connectivity index (χ3n) is 6.09. The van der Waals surface area contributed by atoms with Crippen LogP contribution in [0.3, 0.4) is 0 Å². The highest BCUT2D eigenvalue weighted by Crippen LogP contribution is 2.21. The molecule has 3 rings (SSSR count). The highest BCUT2D eigenvalue weighted by atomic mass is 35.5. The molecule has 10 heteroatoms. The number of hydrogen-bond donors (Lipinski definition) is 0. The molecule has 8 nitrogen and oxygen atoms in total. The lowest BCUT2D eigenvalue weighted by molar-refractivity contribution is -0.136. The SMILES string of the molecule is CC(C)C[C@@H]1CN(C(=O)COS(=O)(=O)N2CCN(C)CC2)CCN1Cc1cccc(Cl)c1. The monoisotopic (exact) mass is 486 g/mol. The molecular formula is C22H35ClN4O4S. The van der Waals surface area contributed by atoms with E-state index in [1.165, 1.54) is 4.31 Å². The molecule has 0 N–H and O–H groups in total. The van der Waals surface area contributed by atoms with Gasteiger partial charge >= 0.3 is 10.3 Å². The van der Waals surface area contributed by atoms with Crippen LogP contribution in [0.1, 0.15) is 25.8 Å². The maximum atomic E-state index is 12.8. The molecule has 0 aliphatic carbocycles. The summed E-state index contributed by atoms with van der Waals surface area (Å²) in [5, 5.41) is 0.718. The lowest BCUT2D eigenvalue weighted by Crippen LogP contribution is -2.55. The lowest BCUT2D eigenvalue weighted by Gasteiger charge is -2.42. The fourth-order valence-corrected chi connectivity index (χ4v) is 5.49. The first-order valence-corrected chi connectivity index (χ1v) is 13.0. The van der Waals surface area contributed by atoms with E-state index >= 15 is 0 Å². The average molecular weight is 487 g/mol. The van der Waals surface area contributed by atoms with Gasteiger partial charge < -0.3 is 9.80 Å². The quantitative estimate of drug-likeness (QED) is 0.559. The Kier molecular flexibility index (Phi) is 8.94. The van der Waals surface area contributed by atoms with E-state index in [0.717, 1.165) is 30.1 Å². The minimum atomic E-state index is -3.89. The topological polar surface area (TPSA) is 73.4 Å². The zero-order valence-corrected chi connectivity index (χ0v) is 20.8. The van der Waals surface area contributed by atoms with E-state index in [2.05, 4.69) is 29.7 Å². The lowest BCUT2D eigenvalue weighted by atomic mass is 9.99. The Morgan fingerprint density at radius 1 is 1.16 bits per heavy atom. The summed E-state index contributed by atoms with van der Waals surface area (Å²) in [5.41, 5.74) is 1.15. The second-order valence-electron chi connectivity index (χ2n) is 9.15. The molecular weight excluding hydrogens is 452 g/mol. The minimum absolute atomic E-state index is 0.195. The number of nitrogens with zero attached hydrogens (tertiary/aromatic N) is 4. The second kappa shape index (κ2) is 11.3. The van der Waals surface area contributed by atoms with Crippen LogP contribution < -0.4 is 0 Å². The number of hydrogen-bond acceptors (Lipinski definition) is 6. The number of benzene rings is 1. The molecule has 2 heterocycles. The van der Waals surface area contributed by atoms with Gasteiger partial charge in [-0.15, -0.1) is 0 Å². The van der Waals surface area contributed by atoms with Crippen molar-refractivity contribution in [3.63, 3.8) is 0 Å². The molecule has 0 aromatic heterocycles. The van der Waals surface area contributed by atoms with Crippen molar-refractivity contribution in [1.29, 1.82) is 0 Å². The Hall–Kier alpha value is -1.23. The normalized spacial score (nSPS) is 21.9. The summed E-state index contributed by atoms with van der Waals surface area (Å²) < 4.78 is 31.4. The number of carbonyl (C=O) groups excluding carboxylic acids is 1. The number of amides is 1. The van der Waals surface area contributed by atoms with E-state index in [1.54, 1.807) is 4.90 Å². The molecule has 1 atom stereocenters. The maximum Gasteiger partial charge on any atom is 0.338 e. The molecule has 2 saturated heterocycles. The van der Waals surface area contributed by atoms with Gasteiger partial charge in [-0.3, -0.25) is 9.69 Å². The maximum absolute atomic E-state index is 12.8. The average Bonchev–Trinajstić information content (AvgIpc) is 2.73. The van der Waals surface area contributed by atoms with Crippen LogP contribution >= 0.6 is 11.6 Å². The molecule has 32 heavy (non-hydrogen) atoms. The molecule has 2 aliphatic heterocycles. The smallest absolute Gasteiger partial charge is 0.338 e. The predicted molar refractivity (Wildman–Crippen MR) is 126 cm³/mol. The van der Waals surface area contributed by atoms with Crippen LogP contribution in [0, 0.1) is 5.92 Å². The third kappa shape index (κ3) is 7.13. The molecule has 1 aromatic rings. The van der Waals surface area contributed by atoms with Gasteiger partial charge in [-0.25, -0.2) is 4.18 Å². The van der Waals surface area contributed by atoms with Gasteiger partial charge in [-0.1, -0.05) is 37.6 Å². The molecule has 0 unspecified atom stereocenters. The van der Waals surface area contributed by atoms with Crippen molar-refractivity contribution >= 4 is 27.8 Å². The second-order valence-corrected chi connectivity index (χ2v) is 11.2. The summed E-state index contributed by atoms with van der Waals surface area (Å²) in [6, 6.07) is 8.05. The first kappa shape index (κ1) is 25.4. The molecule has 0 saturated carbocycles. The Balaban J connectivity index is 1.57. The van der Waals surface area contributed by atoms with Crippen LogP contribution in [0.4, 0.5) is 0 Å². The van der Waals surface area contributed by atoms with Crippen LogP contribution in [0.5, 0.6) is 0 Å². The summed E-state index contributed by atoms with van der Waals surface area (Å²) in [6.07, 6.45) is 0.949. The number of likely N-dealkylation sites (N-methyl/N-ethyl adjacent to an activating group) is 1. The molecule has 1 amide bonds. The summed E-state index contributed by atoms with van der Waals surface area (Å²) in [5.74, 6) is 0.199. The van der Waals surface area contributed by atoms with Crippen LogP contribution in [0.15, 0.2) is 24.3 Å². The van der Waals surface area contributed by atoms with E-state index in [4.69, 9.17) is 15.8 Å². The molecule has 2 fully saturated rings. The number of piperazine rings is 2. The largest absolute Gasteiger partial charge is 0.338 e. The summed E-state index contributed by atoms with van der Waals surface area (Å²) in [7, 11) is -1.94. The van der Waals surface area contributed by atoms with Crippen LogP contribution in [0.2, 0.25) is 5.02 Å². The summed E-state index contributed by atoms with van der Waals surface area (Å²) in [6.45, 7) is 8.57. The van der Waals surface area contributed by atoms with Gasteiger partial charge in [0.2, 0.25) is 5.91 Å². The first-order valence-electron chi connectivity index (χ1n) is 11.2. The zero-order valence-electron chi connectivity index (χ0n) is 19.2. The summed E-state index contributed by atoms with van der Waals surface area (Å²) in [4.78, 5) is 19.0. The van der Waals surface area contributed by atoms with Gasteiger partial charge in [-0.2, -0.15) is 12.7 Å². The Labute approximate surface area is 197 Å². The van der Waals surface area contributed by atoms with Crippen molar-refractivity contribution in [3.8, 4) is 0 Å². The van der Waals surface area contributed by atoms with Crippen molar-refractivity contribution in [2.75, 3.05) is 59.5 Å². The minimum Gasteiger partial charge on any atom is -0.338 e. The predicted octanol–water partition coefficient (Wildman–Crippen LogP) is 1.91. The molecule has 2 aliphatic rings. The van der Waals surface area contributed by atoms with E-state index in [9.17, 15) is 13.2 Å². The Morgan fingerprint density at radius 2 is 1.88 bits per heavy atom. The van der Waals surface area contributed by atoms with Gasteiger partial charge in [0, 0.05) is 63.4 Å². The molecule has 0 bridgehead atoms. The van der Waals surface area contributed by atoms with Gasteiger partial charge in [0.1, 0.15) is 6.61 Å². The van der Waals surface area contributed by atoms with Crippen LogP contribution in [-0.4, -0.2) is 98.8 Å². The van der Waals surface area contributed by atoms with Gasteiger partial charge in [0.25, 0.3) is 0 Å². The number of rotatable bonds is 8. The highest BCUT2D eigenvalue weighted by molar-refractivity contribution is 7.84. The number of carbonyl (C=O) groups is 1. The van der Waals surface area contributed by atoms with E-state index in [0.29, 0.717) is 45.2 Å². The van der Waals surface area contributed by atoms with Crippen molar-refractivity contribution in [1.82, 2.24) is 19.0 Å². The van der Waals surface area contributed by atoms with Gasteiger partial charge in [0.15, 0.2) is 0 Å². The highest BCUT2D eigenvalue weighted by Gasteiger charge is 2.32. The standard InChI is InChI=1S/C22H35ClN4O4S/c1-18(2)13-21-16-26(10-9-25(21)15-19-5-4-6-20(23)14-19)22(28)17-31-32(29,30)27-11-7-24(3)8-12-27/h4-6,14,18,21H,7-13,15-17H2,1-3H3/t21-/m1/s1.